The molecule has 1 fully saturated rings. The zero-order valence-electron chi connectivity index (χ0n) is 14.4. The number of nitrogens with zero attached hydrogens (tertiary/aromatic N) is 4. The van der Waals surface area contributed by atoms with Crippen LogP contribution in [0.2, 0.25) is 0 Å². The van der Waals surface area contributed by atoms with Gasteiger partial charge in [-0.15, -0.1) is 0 Å². The third-order valence-corrected chi connectivity index (χ3v) is 4.24. The van der Waals surface area contributed by atoms with E-state index in [-0.39, 0.29) is 0 Å². The molecule has 128 valence electrons. The third-order valence-electron chi connectivity index (χ3n) is 4.24. The molecule has 6 nitrogen and oxygen atoms in total. The normalized spacial score (nSPS) is 17.9. The first kappa shape index (κ1) is 16.5. The quantitative estimate of drug-likeness (QED) is 0.673. The van der Waals surface area contributed by atoms with E-state index in [4.69, 9.17) is 4.74 Å². The van der Waals surface area contributed by atoms with E-state index in [1.807, 2.05) is 54.5 Å². The van der Waals surface area contributed by atoms with Crippen LogP contribution < -0.4 is 5.32 Å². The van der Waals surface area contributed by atoms with Crippen molar-refractivity contribution in [2.24, 2.45) is 10.9 Å². The van der Waals surface area contributed by atoms with Crippen molar-refractivity contribution >= 4 is 5.96 Å². The Kier molecular flexibility index (Phi) is 5.48. The Labute approximate surface area is 143 Å². The van der Waals surface area contributed by atoms with Gasteiger partial charge >= 0.3 is 0 Å². The van der Waals surface area contributed by atoms with Crippen LogP contribution >= 0.6 is 0 Å². The summed E-state index contributed by atoms with van der Waals surface area (Å²) in [7, 11) is 3.89. The molecule has 0 amide bonds. The first-order valence-electron chi connectivity index (χ1n) is 8.35. The molecular formula is C18H25N5O. The highest BCUT2D eigenvalue weighted by Gasteiger charge is 2.19. The Bertz CT molecular complexity index is 661. The summed E-state index contributed by atoms with van der Waals surface area (Å²) in [6.45, 7) is 3.39. The predicted molar refractivity (Wildman–Crippen MR) is 95.3 cm³/mol. The van der Waals surface area contributed by atoms with Gasteiger partial charge in [0.1, 0.15) is 0 Å². The van der Waals surface area contributed by atoms with Crippen LogP contribution in [0.5, 0.6) is 0 Å². The molecular weight excluding hydrogens is 302 g/mol. The molecule has 1 atom stereocenters. The van der Waals surface area contributed by atoms with E-state index in [0.717, 1.165) is 43.4 Å². The van der Waals surface area contributed by atoms with Crippen LogP contribution in [0.4, 0.5) is 0 Å². The molecule has 1 aliphatic rings. The summed E-state index contributed by atoms with van der Waals surface area (Å²) in [6.07, 6.45) is 5.06. The summed E-state index contributed by atoms with van der Waals surface area (Å²) < 4.78 is 7.34. The van der Waals surface area contributed by atoms with Crippen molar-refractivity contribution < 1.29 is 4.74 Å². The molecule has 0 aliphatic carbocycles. The Hall–Kier alpha value is -2.34. The zero-order chi connectivity index (χ0) is 16.8. The van der Waals surface area contributed by atoms with Crippen LogP contribution in [0, 0.1) is 5.92 Å². The minimum atomic E-state index is 0.592. The molecule has 2 aromatic rings. The lowest BCUT2D eigenvalue weighted by atomic mass is 10.1. The highest BCUT2D eigenvalue weighted by atomic mass is 16.5. The Morgan fingerprint density at radius 1 is 1.42 bits per heavy atom. The van der Waals surface area contributed by atoms with Crippen molar-refractivity contribution in [2.75, 3.05) is 33.9 Å². The lowest BCUT2D eigenvalue weighted by Crippen LogP contribution is -2.41. The molecule has 1 saturated heterocycles. The topological polar surface area (TPSA) is 54.7 Å². The minimum absolute atomic E-state index is 0.592. The molecule has 1 aromatic heterocycles. The standard InChI is InChI=1S/C18H25N5O/c1-19-18(22(2)12-15-8-9-24-14-15)20-10-16-11-21-23(13-16)17-6-4-3-5-7-17/h3-7,11,13,15H,8-10,12,14H2,1-2H3,(H,19,20). The van der Waals surface area contributed by atoms with E-state index in [2.05, 4.69) is 27.4 Å². The monoisotopic (exact) mass is 327 g/mol. The largest absolute Gasteiger partial charge is 0.381 e. The van der Waals surface area contributed by atoms with Gasteiger partial charge in [0.2, 0.25) is 0 Å². The number of aliphatic imine (C=N–C) groups is 1. The van der Waals surface area contributed by atoms with Gasteiger partial charge in [0.15, 0.2) is 5.96 Å². The van der Waals surface area contributed by atoms with Crippen molar-refractivity contribution in [1.82, 2.24) is 20.0 Å². The highest BCUT2D eigenvalue weighted by molar-refractivity contribution is 5.79. The zero-order valence-corrected chi connectivity index (χ0v) is 14.4. The second-order valence-corrected chi connectivity index (χ2v) is 6.14. The maximum absolute atomic E-state index is 5.45. The van der Waals surface area contributed by atoms with E-state index in [1.165, 1.54) is 0 Å². The van der Waals surface area contributed by atoms with Gasteiger partial charge in [0.25, 0.3) is 0 Å². The number of rotatable bonds is 5. The molecule has 1 aromatic carbocycles. The number of para-hydroxylation sites is 1. The van der Waals surface area contributed by atoms with Gasteiger partial charge in [0, 0.05) is 51.5 Å². The molecule has 1 N–H and O–H groups in total. The second-order valence-electron chi connectivity index (χ2n) is 6.14. The molecule has 6 heteroatoms. The van der Waals surface area contributed by atoms with Crippen LogP contribution in [0.15, 0.2) is 47.7 Å². The first-order chi connectivity index (χ1) is 11.8. The van der Waals surface area contributed by atoms with Crippen molar-refractivity contribution in [3.63, 3.8) is 0 Å². The summed E-state index contributed by atoms with van der Waals surface area (Å²) in [5.41, 5.74) is 2.18. The molecule has 1 unspecified atom stereocenters. The van der Waals surface area contributed by atoms with Crippen LogP contribution in [-0.4, -0.2) is 54.5 Å². The van der Waals surface area contributed by atoms with Crippen LogP contribution in [0.25, 0.3) is 5.69 Å². The summed E-state index contributed by atoms with van der Waals surface area (Å²) in [5, 5.41) is 7.83. The van der Waals surface area contributed by atoms with Gasteiger partial charge in [-0.05, 0) is 18.6 Å². The lowest BCUT2D eigenvalue weighted by Gasteiger charge is -2.24. The number of hydrogen-bond acceptors (Lipinski definition) is 3. The van der Waals surface area contributed by atoms with Crippen LogP contribution in [0.3, 0.4) is 0 Å². The third kappa shape index (κ3) is 4.14. The van der Waals surface area contributed by atoms with Gasteiger partial charge in [0.05, 0.1) is 18.5 Å². The van der Waals surface area contributed by atoms with Crippen molar-refractivity contribution in [1.29, 1.82) is 0 Å². The van der Waals surface area contributed by atoms with Crippen LogP contribution in [-0.2, 0) is 11.3 Å². The summed E-state index contributed by atoms with van der Waals surface area (Å²) >= 11 is 0. The van der Waals surface area contributed by atoms with Crippen molar-refractivity contribution in [3.8, 4) is 5.69 Å². The smallest absolute Gasteiger partial charge is 0.193 e. The minimum Gasteiger partial charge on any atom is -0.381 e. The van der Waals surface area contributed by atoms with Gasteiger partial charge < -0.3 is 15.0 Å². The second kappa shape index (κ2) is 7.97. The number of ether oxygens (including phenoxy) is 1. The molecule has 0 bridgehead atoms. The van der Waals surface area contributed by atoms with E-state index >= 15 is 0 Å². The van der Waals surface area contributed by atoms with Crippen molar-refractivity contribution in [2.45, 2.75) is 13.0 Å². The summed E-state index contributed by atoms with van der Waals surface area (Å²) in [6, 6.07) is 10.1. The van der Waals surface area contributed by atoms with E-state index < -0.39 is 0 Å². The highest BCUT2D eigenvalue weighted by Crippen LogP contribution is 2.13. The lowest BCUT2D eigenvalue weighted by molar-refractivity contribution is 0.181. The number of benzene rings is 1. The SMILES string of the molecule is CN=C(NCc1cnn(-c2ccccc2)c1)N(C)CC1CCOC1. The molecule has 24 heavy (non-hydrogen) atoms. The number of guanidine groups is 1. The average Bonchev–Trinajstić information content (AvgIpc) is 3.28. The Morgan fingerprint density at radius 2 is 2.25 bits per heavy atom. The fraction of sp³-hybridized carbons (Fsp3) is 0.444. The molecule has 2 heterocycles. The maximum Gasteiger partial charge on any atom is 0.193 e. The fourth-order valence-corrected chi connectivity index (χ4v) is 2.94. The molecule has 3 rings (SSSR count). The van der Waals surface area contributed by atoms with Gasteiger partial charge in [-0.25, -0.2) is 4.68 Å². The molecule has 1 aliphatic heterocycles. The number of nitrogens with one attached hydrogen (secondary N) is 1. The van der Waals surface area contributed by atoms with Crippen LogP contribution in [0.1, 0.15) is 12.0 Å². The number of aromatic nitrogens is 2. The molecule has 0 radical (unpaired) electrons. The van der Waals surface area contributed by atoms with E-state index in [1.54, 1.807) is 0 Å². The molecule has 0 spiro atoms. The van der Waals surface area contributed by atoms with Gasteiger partial charge in [-0.1, -0.05) is 18.2 Å². The van der Waals surface area contributed by atoms with Gasteiger partial charge in [-0.3, -0.25) is 4.99 Å². The van der Waals surface area contributed by atoms with Crippen molar-refractivity contribution in [3.05, 3.63) is 48.3 Å². The summed E-state index contributed by atoms with van der Waals surface area (Å²) in [4.78, 5) is 6.54. The van der Waals surface area contributed by atoms with Gasteiger partial charge in [-0.2, -0.15) is 5.10 Å². The molecule has 0 saturated carbocycles. The maximum atomic E-state index is 5.45. The number of hydrogen-bond donors (Lipinski definition) is 1. The average molecular weight is 327 g/mol. The fourth-order valence-electron chi connectivity index (χ4n) is 2.94. The van der Waals surface area contributed by atoms with E-state index in [9.17, 15) is 0 Å². The first-order valence-corrected chi connectivity index (χ1v) is 8.35. The summed E-state index contributed by atoms with van der Waals surface area (Å²) in [5.74, 6) is 1.49. The predicted octanol–water partition coefficient (Wildman–Crippen LogP) is 1.92. The Balaban J connectivity index is 1.55. The Morgan fingerprint density at radius 3 is 2.96 bits per heavy atom. The van der Waals surface area contributed by atoms with E-state index in [0.29, 0.717) is 12.5 Å².